The number of fused-ring (bicyclic) bond motifs is 1. The molecule has 4 N–H and O–H groups in total. The van der Waals surface area contributed by atoms with Gasteiger partial charge in [-0.2, -0.15) is 0 Å². The van der Waals surface area contributed by atoms with Crippen molar-refractivity contribution in [3.63, 3.8) is 0 Å². The topological polar surface area (TPSA) is 62.4 Å². The third kappa shape index (κ3) is 3.66. The van der Waals surface area contributed by atoms with Crippen molar-refractivity contribution in [2.75, 3.05) is 16.4 Å². The number of aliphatic imine (C=N–C) groups is 1. The number of nitrogens with zero attached hydrogens (tertiary/aromatic N) is 1. The molecule has 2 aliphatic rings. The molecule has 1 aliphatic carbocycles. The summed E-state index contributed by atoms with van der Waals surface area (Å²) in [4.78, 5) is 5.32. The van der Waals surface area contributed by atoms with Gasteiger partial charge in [-0.25, -0.2) is 0 Å². The van der Waals surface area contributed by atoms with Crippen LogP contribution in [0.15, 0.2) is 77.8 Å². The Labute approximate surface area is 188 Å². The van der Waals surface area contributed by atoms with Crippen LogP contribution in [0, 0.1) is 0 Å². The van der Waals surface area contributed by atoms with E-state index < -0.39 is 5.54 Å². The number of amidine groups is 1. The zero-order valence-corrected chi connectivity index (χ0v) is 18.2. The van der Waals surface area contributed by atoms with E-state index in [9.17, 15) is 0 Å². The SMILES string of the molecule is Nc1ccccc1C1(c2ccccc2)Nc2cc(Cl)ccc2NC1=NC1CCCCC1. The van der Waals surface area contributed by atoms with E-state index in [2.05, 4.69) is 41.0 Å². The van der Waals surface area contributed by atoms with Crippen LogP contribution in [0.25, 0.3) is 0 Å². The molecule has 0 aromatic heterocycles. The molecular weight excluding hydrogens is 404 g/mol. The van der Waals surface area contributed by atoms with Crippen LogP contribution in [0.4, 0.5) is 17.1 Å². The number of nitrogen functional groups attached to an aromatic ring is 1. The monoisotopic (exact) mass is 430 g/mol. The number of anilines is 3. The third-order valence-electron chi connectivity index (χ3n) is 6.37. The van der Waals surface area contributed by atoms with Crippen molar-refractivity contribution in [3.8, 4) is 0 Å². The minimum absolute atomic E-state index is 0.305. The molecule has 1 aliphatic heterocycles. The van der Waals surface area contributed by atoms with E-state index in [1.165, 1.54) is 19.3 Å². The predicted molar refractivity (Wildman–Crippen MR) is 131 cm³/mol. The number of hydrogen-bond donors (Lipinski definition) is 3. The maximum absolute atomic E-state index is 6.57. The third-order valence-corrected chi connectivity index (χ3v) is 6.61. The predicted octanol–water partition coefficient (Wildman–Crippen LogP) is 6.43. The van der Waals surface area contributed by atoms with Crippen molar-refractivity contribution in [2.45, 2.75) is 43.7 Å². The van der Waals surface area contributed by atoms with E-state index in [-0.39, 0.29) is 0 Å². The molecule has 1 fully saturated rings. The summed E-state index contributed by atoms with van der Waals surface area (Å²) in [7, 11) is 0. The van der Waals surface area contributed by atoms with Crippen LogP contribution in [0.3, 0.4) is 0 Å². The lowest BCUT2D eigenvalue weighted by Gasteiger charge is -2.43. The molecule has 1 atom stereocenters. The van der Waals surface area contributed by atoms with Gasteiger partial charge in [0.05, 0.1) is 17.4 Å². The Hall–Kier alpha value is -2.98. The molecule has 3 aromatic rings. The molecule has 5 rings (SSSR count). The lowest BCUT2D eigenvalue weighted by atomic mass is 9.78. The summed E-state index contributed by atoms with van der Waals surface area (Å²) < 4.78 is 0. The van der Waals surface area contributed by atoms with E-state index in [4.69, 9.17) is 22.3 Å². The number of nitrogens with two attached hydrogens (primary N) is 1. The summed E-state index contributed by atoms with van der Waals surface area (Å²) in [5.41, 5.74) is 10.5. The van der Waals surface area contributed by atoms with Crippen molar-refractivity contribution in [1.29, 1.82) is 0 Å². The van der Waals surface area contributed by atoms with E-state index in [1.54, 1.807) is 0 Å². The number of para-hydroxylation sites is 1. The quantitative estimate of drug-likeness (QED) is 0.419. The number of benzene rings is 3. The number of rotatable bonds is 3. The molecule has 1 saturated carbocycles. The van der Waals surface area contributed by atoms with Crippen LogP contribution in [-0.4, -0.2) is 11.9 Å². The maximum Gasteiger partial charge on any atom is 0.149 e. The Bertz CT molecular complexity index is 1110. The van der Waals surface area contributed by atoms with Crippen LogP contribution in [-0.2, 0) is 5.54 Å². The summed E-state index contributed by atoms with van der Waals surface area (Å²) in [6.45, 7) is 0. The first-order valence-electron chi connectivity index (χ1n) is 11.0. The van der Waals surface area contributed by atoms with Crippen LogP contribution < -0.4 is 16.4 Å². The van der Waals surface area contributed by atoms with Gasteiger partial charge in [0, 0.05) is 16.3 Å². The molecule has 0 spiro atoms. The molecule has 0 amide bonds. The Kier molecular flexibility index (Phi) is 5.33. The van der Waals surface area contributed by atoms with Gasteiger partial charge in [-0.05, 0) is 42.7 Å². The van der Waals surface area contributed by atoms with Crippen molar-refractivity contribution in [1.82, 2.24) is 0 Å². The highest BCUT2D eigenvalue weighted by Gasteiger charge is 2.45. The van der Waals surface area contributed by atoms with Crippen molar-refractivity contribution >= 4 is 34.5 Å². The van der Waals surface area contributed by atoms with Gasteiger partial charge >= 0.3 is 0 Å². The average Bonchev–Trinajstić information content (AvgIpc) is 2.80. The van der Waals surface area contributed by atoms with Crippen molar-refractivity contribution < 1.29 is 0 Å². The smallest absolute Gasteiger partial charge is 0.149 e. The minimum Gasteiger partial charge on any atom is -0.398 e. The summed E-state index contributed by atoms with van der Waals surface area (Å²) in [5.74, 6) is 0.887. The molecule has 5 heteroatoms. The largest absolute Gasteiger partial charge is 0.398 e. The zero-order valence-electron chi connectivity index (χ0n) is 17.4. The van der Waals surface area contributed by atoms with Gasteiger partial charge in [0.15, 0.2) is 0 Å². The first-order valence-corrected chi connectivity index (χ1v) is 11.4. The summed E-state index contributed by atoms with van der Waals surface area (Å²) >= 11 is 6.36. The summed E-state index contributed by atoms with van der Waals surface area (Å²) in [5, 5.41) is 8.15. The standard InChI is InChI=1S/C26H27ClN4/c27-19-15-16-23-24(17-19)31-26(18-9-3-1-4-10-18,21-13-7-8-14-22(21)28)25(30-23)29-20-11-5-2-6-12-20/h1,3-4,7-10,13-17,20,31H,2,5-6,11-12,28H2,(H,29,30). The number of halogens is 1. The van der Waals surface area contributed by atoms with Crippen molar-refractivity contribution in [3.05, 3.63) is 88.9 Å². The maximum atomic E-state index is 6.57. The first-order chi connectivity index (χ1) is 15.2. The minimum atomic E-state index is -0.734. The average molecular weight is 431 g/mol. The van der Waals surface area contributed by atoms with Gasteiger partial charge in [0.2, 0.25) is 0 Å². The Morgan fingerprint density at radius 2 is 1.61 bits per heavy atom. The molecular formula is C26H27ClN4. The second-order valence-electron chi connectivity index (χ2n) is 8.41. The number of nitrogens with one attached hydrogen (secondary N) is 2. The van der Waals surface area contributed by atoms with Crippen LogP contribution in [0.5, 0.6) is 0 Å². The highest BCUT2D eigenvalue weighted by atomic mass is 35.5. The highest BCUT2D eigenvalue weighted by molar-refractivity contribution is 6.31. The Morgan fingerprint density at radius 1 is 0.871 bits per heavy atom. The van der Waals surface area contributed by atoms with Gasteiger partial charge < -0.3 is 16.4 Å². The Morgan fingerprint density at radius 3 is 2.39 bits per heavy atom. The molecule has 4 nitrogen and oxygen atoms in total. The van der Waals surface area contributed by atoms with E-state index in [0.29, 0.717) is 11.1 Å². The van der Waals surface area contributed by atoms with Crippen molar-refractivity contribution in [2.24, 2.45) is 4.99 Å². The summed E-state index contributed by atoms with van der Waals surface area (Å²) in [6, 6.07) is 24.6. The molecule has 158 valence electrons. The lowest BCUT2D eigenvalue weighted by Crippen LogP contribution is -2.51. The number of hydrogen-bond acceptors (Lipinski definition) is 3. The lowest BCUT2D eigenvalue weighted by molar-refractivity contribution is 0.441. The van der Waals surface area contributed by atoms with Crippen LogP contribution in [0.2, 0.25) is 5.02 Å². The fourth-order valence-electron chi connectivity index (χ4n) is 4.82. The second kappa shape index (κ2) is 8.27. The molecule has 3 aromatic carbocycles. The molecule has 0 bridgehead atoms. The molecule has 1 unspecified atom stereocenters. The van der Waals surface area contributed by atoms with Gasteiger partial charge in [-0.3, -0.25) is 4.99 Å². The second-order valence-corrected chi connectivity index (χ2v) is 8.85. The highest BCUT2D eigenvalue weighted by Crippen LogP contribution is 2.44. The fourth-order valence-corrected chi connectivity index (χ4v) is 4.99. The molecule has 1 heterocycles. The van der Waals surface area contributed by atoms with Gasteiger partial charge in [-0.1, -0.05) is 79.4 Å². The zero-order chi connectivity index (χ0) is 21.3. The van der Waals surface area contributed by atoms with Gasteiger partial charge in [0.1, 0.15) is 11.4 Å². The normalized spacial score (nSPS) is 22.4. The van der Waals surface area contributed by atoms with Gasteiger partial charge in [-0.15, -0.1) is 0 Å². The Balaban J connectivity index is 1.77. The molecule has 0 saturated heterocycles. The molecule has 0 radical (unpaired) electrons. The van der Waals surface area contributed by atoms with E-state index in [1.807, 2.05) is 42.5 Å². The fraction of sp³-hybridized carbons (Fsp3) is 0.269. The summed E-state index contributed by atoms with van der Waals surface area (Å²) in [6.07, 6.45) is 5.99. The first kappa shape index (κ1) is 20.0. The molecule has 31 heavy (non-hydrogen) atoms. The van der Waals surface area contributed by atoms with E-state index in [0.717, 1.165) is 46.9 Å². The van der Waals surface area contributed by atoms with Crippen LogP contribution >= 0.6 is 11.6 Å². The van der Waals surface area contributed by atoms with E-state index >= 15 is 0 Å². The van der Waals surface area contributed by atoms with Gasteiger partial charge in [0.25, 0.3) is 0 Å². The van der Waals surface area contributed by atoms with Crippen LogP contribution in [0.1, 0.15) is 43.2 Å².